The molecule has 8 heteroatoms. The first-order valence-electron chi connectivity index (χ1n) is 8.81. The van der Waals surface area contributed by atoms with Gasteiger partial charge < -0.3 is 15.3 Å². The second-order valence-electron chi connectivity index (χ2n) is 7.14. The highest BCUT2D eigenvalue weighted by atomic mass is 32.1. The molecule has 0 radical (unpaired) electrons. The molecule has 3 heterocycles. The molecule has 0 saturated carbocycles. The number of rotatable bonds is 6. The Morgan fingerprint density at radius 2 is 2.28 bits per heavy atom. The predicted molar refractivity (Wildman–Crippen MR) is 95.6 cm³/mol. The number of carbonyl (C=O) groups is 2. The second kappa shape index (κ2) is 7.80. The molecule has 1 aromatic rings. The fraction of sp³-hybridized carbons (Fsp3) is 0.706. The number of thiazole rings is 1. The number of nitrogens with zero attached hydrogens (tertiary/aromatic N) is 3. The van der Waals surface area contributed by atoms with Gasteiger partial charge in [0.15, 0.2) is 0 Å². The van der Waals surface area contributed by atoms with Crippen LogP contribution in [0.2, 0.25) is 0 Å². The summed E-state index contributed by atoms with van der Waals surface area (Å²) in [6.07, 6.45) is 3.22. The molecule has 2 aliphatic heterocycles. The Morgan fingerprint density at radius 1 is 1.44 bits per heavy atom. The second-order valence-corrected chi connectivity index (χ2v) is 7.86. The zero-order valence-electron chi connectivity index (χ0n) is 14.6. The van der Waals surface area contributed by atoms with Crippen molar-refractivity contribution in [3.05, 3.63) is 16.6 Å². The summed E-state index contributed by atoms with van der Waals surface area (Å²) in [6, 6.07) is -0.0321. The van der Waals surface area contributed by atoms with E-state index in [2.05, 4.69) is 15.2 Å². The van der Waals surface area contributed by atoms with Crippen LogP contribution in [-0.2, 0) is 16.0 Å². The van der Waals surface area contributed by atoms with E-state index in [0.717, 1.165) is 51.0 Å². The van der Waals surface area contributed by atoms with Crippen LogP contribution in [-0.4, -0.2) is 77.6 Å². The Labute approximate surface area is 152 Å². The highest BCUT2D eigenvalue weighted by Crippen LogP contribution is 2.42. The third-order valence-electron chi connectivity index (χ3n) is 5.51. The highest BCUT2D eigenvalue weighted by Gasteiger charge is 2.52. The average Bonchev–Trinajstić information content (AvgIpc) is 3.08. The summed E-state index contributed by atoms with van der Waals surface area (Å²) in [5.74, 6) is -0.746. The molecule has 138 valence electrons. The van der Waals surface area contributed by atoms with E-state index in [1.165, 1.54) is 0 Å². The van der Waals surface area contributed by atoms with Crippen LogP contribution in [0.25, 0.3) is 0 Å². The average molecular weight is 366 g/mol. The molecule has 7 nitrogen and oxygen atoms in total. The van der Waals surface area contributed by atoms with E-state index in [9.17, 15) is 14.7 Å². The summed E-state index contributed by atoms with van der Waals surface area (Å²) >= 11 is 1.56. The Bertz CT molecular complexity index is 609. The largest absolute Gasteiger partial charge is 0.480 e. The molecule has 2 aliphatic rings. The molecule has 0 aromatic carbocycles. The Hall–Kier alpha value is -1.51. The number of carboxylic acids is 1. The third-order valence-corrected chi connectivity index (χ3v) is 6.15. The van der Waals surface area contributed by atoms with Crippen LogP contribution in [0.4, 0.5) is 0 Å². The number of nitrogens with one attached hydrogen (secondary N) is 1. The number of aromatic nitrogens is 1. The molecule has 0 aliphatic carbocycles. The van der Waals surface area contributed by atoms with E-state index in [0.29, 0.717) is 6.54 Å². The number of carboxylic acid groups (broad SMARTS) is 1. The standard InChI is InChI=1S/C17H26N4O3S/c1-20-8-5-17(16(24)18-6-3-13-11-25-12-19-13)4-2-7-21(10-15(22)23)14(17)9-20/h11-12,14H,2-10H2,1H3,(H,18,24)(H,22,23)/t14-,17+/m0/s1. The van der Waals surface area contributed by atoms with E-state index in [-0.39, 0.29) is 18.5 Å². The number of likely N-dealkylation sites (tertiary alicyclic amines) is 2. The predicted octanol–water partition coefficient (Wildman–Crippen LogP) is 0.673. The highest BCUT2D eigenvalue weighted by molar-refractivity contribution is 7.07. The van der Waals surface area contributed by atoms with Gasteiger partial charge in [-0.1, -0.05) is 0 Å². The number of aliphatic carboxylic acids is 1. The number of piperidine rings is 2. The van der Waals surface area contributed by atoms with Gasteiger partial charge in [0.2, 0.25) is 5.91 Å². The Balaban J connectivity index is 1.70. The van der Waals surface area contributed by atoms with Gasteiger partial charge in [0.25, 0.3) is 0 Å². The first kappa shape index (κ1) is 18.3. The minimum Gasteiger partial charge on any atom is -0.480 e. The molecule has 2 N–H and O–H groups in total. The minimum absolute atomic E-state index is 0.00631. The van der Waals surface area contributed by atoms with Crippen LogP contribution in [0.3, 0.4) is 0 Å². The molecule has 3 rings (SSSR count). The number of hydrogen-bond donors (Lipinski definition) is 2. The summed E-state index contributed by atoms with van der Waals surface area (Å²) in [7, 11) is 2.04. The van der Waals surface area contributed by atoms with Crippen molar-refractivity contribution < 1.29 is 14.7 Å². The van der Waals surface area contributed by atoms with Crippen molar-refractivity contribution in [2.75, 3.05) is 39.8 Å². The molecule has 25 heavy (non-hydrogen) atoms. The van der Waals surface area contributed by atoms with Gasteiger partial charge in [0.05, 0.1) is 23.2 Å². The van der Waals surface area contributed by atoms with Gasteiger partial charge in [-0.2, -0.15) is 0 Å². The summed E-state index contributed by atoms with van der Waals surface area (Å²) < 4.78 is 0. The van der Waals surface area contributed by atoms with Gasteiger partial charge in [-0.05, 0) is 39.4 Å². The van der Waals surface area contributed by atoms with Gasteiger partial charge in [0, 0.05) is 30.9 Å². The van der Waals surface area contributed by atoms with Crippen LogP contribution >= 0.6 is 11.3 Å². The topological polar surface area (TPSA) is 85.8 Å². The summed E-state index contributed by atoms with van der Waals surface area (Å²) in [5, 5.41) is 14.3. The maximum atomic E-state index is 13.1. The van der Waals surface area contributed by atoms with E-state index >= 15 is 0 Å². The van der Waals surface area contributed by atoms with Crippen molar-refractivity contribution in [2.24, 2.45) is 5.41 Å². The minimum atomic E-state index is -0.826. The maximum Gasteiger partial charge on any atom is 0.317 e. The zero-order chi connectivity index (χ0) is 17.9. The van der Waals surface area contributed by atoms with E-state index in [1.807, 2.05) is 17.3 Å². The van der Waals surface area contributed by atoms with Crippen molar-refractivity contribution in [1.29, 1.82) is 0 Å². The van der Waals surface area contributed by atoms with Crippen molar-refractivity contribution in [3.8, 4) is 0 Å². The molecular weight excluding hydrogens is 340 g/mol. The van der Waals surface area contributed by atoms with Gasteiger partial charge >= 0.3 is 5.97 Å². The maximum absolute atomic E-state index is 13.1. The van der Waals surface area contributed by atoms with Crippen molar-refractivity contribution in [2.45, 2.75) is 31.7 Å². The number of carbonyl (C=O) groups excluding carboxylic acids is 1. The lowest BCUT2D eigenvalue weighted by Gasteiger charge is -2.53. The van der Waals surface area contributed by atoms with Gasteiger partial charge in [-0.25, -0.2) is 4.98 Å². The molecule has 1 amide bonds. The lowest BCUT2D eigenvalue weighted by molar-refractivity contribution is -0.151. The van der Waals surface area contributed by atoms with E-state index in [1.54, 1.807) is 16.8 Å². The van der Waals surface area contributed by atoms with Crippen LogP contribution in [0, 0.1) is 5.41 Å². The van der Waals surface area contributed by atoms with Gasteiger partial charge in [-0.3, -0.25) is 14.5 Å². The normalized spacial score (nSPS) is 27.6. The number of hydrogen-bond acceptors (Lipinski definition) is 6. The van der Waals surface area contributed by atoms with Crippen LogP contribution in [0.15, 0.2) is 10.9 Å². The van der Waals surface area contributed by atoms with Crippen molar-refractivity contribution >= 4 is 23.2 Å². The number of likely N-dealkylation sites (N-methyl/N-ethyl adjacent to an activating group) is 1. The third kappa shape index (κ3) is 4.02. The molecular formula is C17H26N4O3S. The summed E-state index contributed by atoms with van der Waals surface area (Å²) in [4.78, 5) is 32.8. The Kier molecular flexibility index (Phi) is 5.71. The molecule has 2 atom stereocenters. The lowest BCUT2D eigenvalue weighted by Crippen LogP contribution is -2.66. The molecule has 2 fully saturated rings. The van der Waals surface area contributed by atoms with Crippen LogP contribution in [0.5, 0.6) is 0 Å². The quantitative estimate of drug-likeness (QED) is 0.770. The zero-order valence-corrected chi connectivity index (χ0v) is 15.4. The van der Waals surface area contributed by atoms with Gasteiger partial charge in [0.1, 0.15) is 0 Å². The molecule has 0 spiro atoms. The number of fused-ring (bicyclic) bond motifs is 1. The first-order chi connectivity index (χ1) is 12.0. The smallest absolute Gasteiger partial charge is 0.317 e. The monoisotopic (exact) mass is 366 g/mol. The fourth-order valence-corrected chi connectivity index (χ4v) is 4.80. The van der Waals surface area contributed by atoms with Crippen LogP contribution < -0.4 is 5.32 Å². The van der Waals surface area contributed by atoms with E-state index in [4.69, 9.17) is 0 Å². The molecule has 0 unspecified atom stereocenters. The van der Waals surface area contributed by atoms with Crippen LogP contribution in [0.1, 0.15) is 25.0 Å². The summed E-state index contributed by atoms with van der Waals surface area (Å²) in [6.45, 7) is 2.94. The van der Waals surface area contributed by atoms with Crippen molar-refractivity contribution in [1.82, 2.24) is 20.1 Å². The Morgan fingerprint density at radius 3 is 3.00 bits per heavy atom. The molecule has 2 saturated heterocycles. The van der Waals surface area contributed by atoms with E-state index < -0.39 is 11.4 Å². The lowest BCUT2D eigenvalue weighted by atomic mass is 9.67. The summed E-state index contributed by atoms with van der Waals surface area (Å²) in [5.41, 5.74) is 2.33. The first-order valence-corrected chi connectivity index (χ1v) is 9.75. The van der Waals surface area contributed by atoms with Gasteiger partial charge in [-0.15, -0.1) is 11.3 Å². The fourth-order valence-electron chi connectivity index (χ4n) is 4.21. The molecule has 1 aromatic heterocycles. The SMILES string of the molecule is CN1CC[C@]2(C(=O)NCCc3cscn3)CCCN(CC(=O)O)[C@H]2C1. The molecule has 0 bridgehead atoms. The number of amides is 1. The van der Waals surface area contributed by atoms with Crippen molar-refractivity contribution in [3.63, 3.8) is 0 Å².